The highest BCUT2D eigenvalue weighted by Gasteiger charge is 2.39. The number of rotatable bonds is 4. The second-order valence-corrected chi connectivity index (χ2v) is 6.21. The fourth-order valence-corrected chi connectivity index (χ4v) is 2.80. The van der Waals surface area contributed by atoms with Crippen molar-refractivity contribution in [1.29, 1.82) is 0 Å². The minimum Gasteiger partial charge on any atom is -0.325 e. The lowest BCUT2D eigenvalue weighted by atomic mass is 9.70. The molecule has 1 aliphatic carbocycles. The fourth-order valence-electron chi connectivity index (χ4n) is 2.80. The van der Waals surface area contributed by atoms with Crippen molar-refractivity contribution in [2.75, 3.05) is 13.1 Å². The number of nitrogens with zero attached hydrogens (tertiary/aromatic N) is 1. The van der Waals surface area contributed by atoms with Crippen molar-refractivity contribution in [3.8, 4) is 0 Å². The first kappa shape index (κ1) is 11.9. The third-order valence-corrected chi connectivity index (χ3v) is 3.99. The lowest BCUT2D eigenvalue weighted by Crippen LogP contribution is -2.46. The van der Waals surface area contributed by atoms with Gasteiger partial charge in [-0.2, -0.15) is 0 Å². The molecule has 2 aliphatic rings. The summed E-state index contributed by atoms with van der Waals surface area (Å²) in [6.45, 7) is 8.24. The standard InChI is InChI=1S/C13H24N2O/c1-10(2)7-11-14-8-12(16)15(11)9-13(3)5-4-6-13/h10-11,14H,4-9H2,1-3H3. The molecule has 0 radical (unpaired) electrons. The predicted octanol–water partition coefficient (Wildman–Crippen LogP) is 1.98. The van der Waals surface area contributed by atoms with Crippen LogP contribution in [-0.2, 0) is 4.79 Å². The Kier molecular flexibility index (Phi) is 3.24. The average molecular weight is 224 g/mol. The first-order valence-electron chi connectivity index (χ1n) is 6.53. The van der Waals surface area contributed by atoms with Gasteiger partial charge in [0.05, 0.1) is 12.7 Å². The highest BCUT2D eigenvalue weighted by molar-refractivity contribution is 5.80. The molecular weight excluding hydrogens is 200 g/mol. The van der Waals surface area contributed by atoms with Crippen LogP contribution in [-0.4, -0.2) is 30.1 Å². The molecule has 0 aromatic heterocycles. The molecule has 3 nitrogen and oxygen atoms in total. The van der Waals surface area contributed by atoms with E-state index in [9.17, 15) is 4.79 Å². The SMILES string of the molecule is CC(C)CC1NCC(=O)N1CC1(C)CCC1. The van der Waals surface area contributed by atoms with E-state index in [1.165, 1.54) is 19.3 Å². The van der Waals surface area contributed by atoms with E-state index in [2.05, 4.69) is 31.0 Å². The molecule has 1 aliphatic heterocycles. The summed E-state index contributed by atoms with van der Waals surface area (Å²) in [5, 5.41) is 3.33. The molecule has 1 saturated heterocycles. The van der Waals surface area contributed by atoms with Crippen molar-refractivity contribution in [2.45, 2.75) is 52.6 Å². The molecule has 1 atom stereocenters. The van der Waals surface area contributed by atoms with Gasteiger partial charge >= 0.3 is 0 Å². The van der Waals surface area contributed by atoms with E-state index in [0.29, 0.717) is 23.8 Å². The van der Waals surface area contributed by atoms with Crippen LogP contribution in [0.5, 0.6) is 0 Å². The third-order valence-electron chi connectivity index (χ3n) is 3.99. The molecule has 16 heavy (non-hydrogen) atoms. The Balaban J connectivity index is 1.95. The summed E-state index contributed by atoms with van der Waals surface area (Å²) in [4.78, 5) is 13.9. The summed E-state index contributed by atoms with van der Waals surface area (Å²) in [6, 6.07) is 0. The first-order valence-corrected chi connectivity index (χ1v) is 6.53. The molecule has 0 spiro atoms. The highest BCUT2D eigenvalue weighted by Crippen LogP contribution is 2.41. The van der Waals surface area contributed by atoms with Crippen LogP contribution in [0.4, 0.5) is 0 Å². The molecule has 0 aromatic carbocycles. The largest absolute Gasteiger partial charge is 0.325 e. The molecule has 1 amide bonds. The second-order valence-electron chi connectivity index (χ2n) is 6.21. The lowest BCUT2D eigenvalue weighted by molar-refractivity contribution is -0.130. The minimum absolute atomic E-state index is 0.282. The molecule has 1 unspecified atom stereocenters. The van der Waals surface area contributed by atoms with Gasteiger partial charge in [0.1, 0.15) is 0 Å². The maximum Gasteiger partial charge on any atom is 0.237 e. The number of amides is 1. The Bertz CT molecular complexity index is 271. The maximum absolute atomic E-state index is 11.8. The van der Waals surface area contributed by atoms with Crippen molar-refractivity contribution < 1.29 is 4.79 Å². The van der Waals surface area contributed by atoms with Gasteiger partial charge in [0, 0.05) is 6.54 Å². The normalized spacial score (nSPS) is 28.6. The minimum atomic E-state index is 0.282. The molecule has 0 bridgehead atoms. The molecule has 0 aromatic rings. The average Bonchev–Trinajstić information content (AvgIpc) is 2.46. The van der Waals surface area contributed by atoms with Crippen LogP contribution in [0.3, 0.4) is 0 Å². The van der Waals surface area contributed by atoms with E-state index in [1.807, 2.05) is 0 Å². The molecule has 3 heteroatoms. The quantitative estimate of drug-likeness (QED) is 0.792. The summed E-state index contributed by atoms with van der Waals surface area (Å²) in [6.07, 6.45) is 5.25. The van der Waals surface area contributed by atoms with Gasteiger partial charge in [-0.1, -0.05) is 27.2 Å². The van der Waals surface area contributed by atoms with Crippen LogP contribution in [0.25, 0.3) is 0 Å². The lowest BCUT2D eigenvalue weighted by Gasteiger charge is -2.42. The number of hydrogen-bond acceptors (Lipinski definition) is 2. The summed E-state index contributed by atoms with van der Waals surface area (Å²) in [5.74, 6) is 0.930. The third kappa shape index (κ3) is 2.40. The predicted molar refractivity (Wildman–Crippen MR) is 64.9 cm³/mol. The van der Waals surface area contributed by atoms with Crippen molar-refractivity contribution in [3.05, 3.63) is 0 Å². The summed E-state index contributed by atoms with van der Waals surface area (Å²) in [7, 11) is 0. The molecule has 92 valence electrons. The van der Waals surface area contributed by atoms with E-state index in [1.54, 1.807) is 0 Å². The molecule has 2 fully saturated rings. The van der Waals surface area contributed by atoms with Gasteiger partial charge in [0.25, 0.3) is 0 Å². The number of carbonyl (C=O) groups excluding carboxylic acids is 1. The fraction of sp³-hybridized carbons (Fsp3) is 0.923. The highest BCUT2D eigenvalue weighted by atomic mass is 16.2. The zero-order valence-electron chi connectivity index (χ0n) is 10.8. The van der Waals surface area contributed by atoms with Gasteiger partial charge in [-0.3, -0.25) is 10.1 Å². The smallest absolute Gasteiger partial charge is 0.237 e. The maximum atomic E-state index is 11.8. The number of nitrogens with one attached hydrogen (secondary N) is 1. The Morgan fingerprint density at radius 1 is 1.50 bits per heavy atom. The Morgan fingerprint density at radius 2 is 2.19 bits per heavy atom. The summed E-state index contributed by atoms with van der Waals surface area (Å²) < 4.78 is 0. The van der Waals surface area contributed by atoms with Crippen LogP contribution >= 0.6 is 0 Å². The molecule has 1 N–H and O–H groups in total. The molecule has 2 rings (SSSR count). The van der Waals surface area contributed by atoms with Gasteiger partial charge < -0.3 is 4.90 Å². The summed E-state index contributed by atoms with van der Waals surface area (Å²) >= 11 is 0. The van der Waals surface area contributed by atoms with Gasteiger partial charge in [0.2, 0.25) is 5.91 Å². The van der Waals surface area contributed by atoms with Gasteiger partial charge in [-0.15, -0.1) is 0 Å². The van der Waals surface area contributed by atoms with Crippen molar-refractivity contribution in [1.82, 2.24) is 10.2 Å². The van der Waals surface area contributed by atoms with Crippen LogP contribution < -0.4 is 5.32 Å². The molecular formula is C13H24N2O. The first-order chi connectivity index (χ1) is 7.50. The van der Waals surface area contributed by atoms with Crippen LogP contribution in [0.15, 0.2) is 0 Å². The van der Waals surface area contributed by atoms with E-state index in [4.69, 9.17) is 0 Å². The van der Waals surface area contributed by atoms with E-state index in [-0.39, 0.29) is 6.17 Å². The van der Waals surface area contributed by atoms with Crippen molar-refractivity contribution in [2.24, 2.45) is 11.3 Å². The van der Waals surface area contributed by atoms with Gasteiger partial charge in [-0.25, -0.2) is 0 Å². The van der Waals surface area contributed by atoms with E-state index in [0.717, 1.165) is 13.0 Å². The topological polar surface area (TPSA) is 32.3 Å². The van der Waals surface area contributed by atoms with Crippen molar-refractivity contribution in [3.63, 3.8) is 0 Å². The van der Waals surface area contributed by atoms with Crippen LogP contribution in [0.2, 0.25) is 0 Å². The molecule has 1 saturated carbocycles. The summed E-state index contributed by atoms with van der Waals surface area (Å²) in [5.41, 5.74) is 0.400. The van der Waals surface area contributed by atoms with E-state index < -0.39 is 0 Å². The number of hydrogen-bond donors (Lipinski definition) is 1. The van der Waals surface area contributed by atoms with Gasteiger partial charge in [0.15, 0.2) is 0 Å². The Morgan fingerprint density at radius 3 is 2.69 bits per heavy atom. The van der Waals surface area contributed by atoms with Gasteiger partial charge in [-0.05, 0) is 30.6 Å². The van der Waals surface area contributed by atoms with E-state index >= 15 is 0 Å². The zero-order chi connectivity index (χ0) is 11.8. The van der Waals surface area contributed by atoms with Crippen LogP contribution in [0, 0.1) is 11.3 Å². The zero-order valence-corrected chi connectivity index (χ0v) is 10.8. The Labute approximate surface area is 98.6 Å². The van der Waals surface area contributed by atoms with Crippen LogP contribution in [0.1, 0.15) is 46.5 Å². The monoisotopic (exact) mass is 224 g/mol. The second kappa shape index (κ2) is 4.36. The Hall–Kier alpha value is -0.570. The number of carbonyl (C=O) groups is 1. The van der Waals surface area contributed by atoms with Crippen molar-refractivity contribution >= 4 is 5.91 Å². The molecule has 1 heterocycles.